The number of amides is 3. The number of carbonyl (C=O) groups excluding carboxylic acids is 4. The quantitative estimate of drug-likeness (QED) is 0.0105. The van der Waals surface area contributed by atoms with Crippen LogP contribution in [0.1, 0.15) is 44.9 Å². The predicted octanol–water partition coefficient (Wildman–Crippen LogP) is -18.7. The average molecular weight is 1280 g/mol. The SMILES string of the molecule is CO[C@H]1C(COS(=O)(=O)[O-])O[C@@H](O[C@H]2C(C(=O)[O-])O[C@@H](OCC(O)[C@@H](O)[C@@H](O)C(O)CNc3cccc(NC(=O)CCCNC(=O)CNC(=O)CCCCC4CCSS4)c3)C(OS(=O)(=O)[O-])[C@@H]2O)C(NS(=O)(=O)[O-])[C@@H]1O.[Na+].[Na+].[Na+].[Na+]. The van der Waals surface area contributed by atoms with Gasteiger partial charge in [0.15, 0.2) is 29.0 Å². The molecule has 15 atom stereocenters. The molecule has 7 unspecified atom stereocenters. The van der Waals surface area contributed by atoms with Gasteiger partial charge in [-0.2, -0.15) is 0 Å². The van der Waals surface area contributed by atoms with E-state index in [0.29, 0.717) is 17.4 Å². The maximum Gasteiger partial charge on any atom is 1.00 e. The Hall–Kier alpha value is 0.770. The predicted molar refractivity (Wildman–Crippen MR) is 253 cm³/mol. The van der Waals surface area contributed by atoms with Crippen molar-refractivity contribution >= 4 is 87.8 Å². The van der Waals surface area contributed by atoms with Gasteiger partial charge in [-0.3, -0.25) is 22.7 Å². The van der Waals surface area contributed by atoms with Crippen molar-refractivity contribution < 1.29 is 244 Å². The maximum atomic E-state index is 12.6. The topological polar surface area (TPSA) is 509 Å². The van der Waals surface area contributed by atoms with Crippen LogP contribution in [0, 0.1) is 0 Å². The van der Waals surface area contributed by atoms with Crippen LogP contribution in [0.5, 0.6) is 0 Å². The second kappa shape index (κ2) is 38.9. The largest absolute Gasteiger partial charge is 1.00 e. The zero-order chi connectivity index (χ0) is 56.5. The fraction of sp³-hybridized carbons (Fsp3) is 0.744. The molecule has 0 spiro atoms. The Morgan fingerprint density at radius 1 is 0.787 bits per heavy atom. The van der Waals surface area contributed by atoms with Crippen LogP contribution in [0.4, 0.5) is 11.4 Å². The van der Waals surface area contributed by atoms with E-state index in [1.807, 2.05) is 21.6 Å². The summed E-state index contributed by atoms with van der Waals surface area (Å²) in [5.41, 5.74) is 0.566. The number of benzene rings is 1. The summed E-state index contributed by atoms with van der Waals surface area (Å²) in [6, 6.07) is 3.62. The van der Waals surface area contributed by atoms with Gasteiger partial charge >= 0.3 is 118 Å². The van der Waals surface area contributed by atoms with Gasteiger partial charge in [0.1, 0.15) is 61.0 Å². The van der Waals surface area contributed by atoms with E-state index < -0.39 is 154 Å². The summed E-state index contributed by atoms with van der Waals surface area (Å²) >= 11 is 0. The average Bonchev–Trinajstić information content (AvgIpc) is 3.86. The van der Waals surface area contributed by atoms with Crippen molar-refractivity contribution in [3.8, 4) is 0 Å². The zero-order valence-electron chi connectivity index (χ0n) is 44.0. The van der Waals surface area contributed by atoms with Crippen molar-refractivity contribution in [1.82, 2.24) is 15.4 Å². The molecule has 1 aromatic rings. The van der Waals surface area contributed by atoms with Gasteiger partial charge in [-0.1, -0.05) is 34.1 Å². The number of hydrogen-bond donors (Lipinski definition) is 11. The van der Waals surface area contributed by atoms with Crippen molar-refractivity contribution in [3.63, 3.8) is 0 Å². The van der Waals surface area contributed by atoms with E-state index in [1.54, 1.807) is 0 Å². The molecular weight excluding hydrogens is 1220 g/mol. The first-order valence-electron chi connectivity index (χ1n) is 22.9. The minimum atomic E-state index is -5.95. The molecule has 41 heteroatoms. The van der Waals surface area contributed by atoms with Crippen molar-refractivity contribution in [1.29, 1.82) is 0 Å². The molecule has 1 aromatic carbocycles. The Labute approximate surface area is 557 Å². The van der Waals surface area contributed by atoms with Crippen LogP contribution < -0.4 is 149 Å². The van der Waals surface area contributed by atoms with Crippen molar-refractivity contribution in [3.05, 3.63) is 24.3 Å². The van der Waals surface area contributed by atoms with E-state index in [-0.39, 0.29) is 156 Å². The molecule has 0 saturated carbocycles. The molecule has 436 valence electrons. The number of methoxy groups -OCH3 is 1. The minimum Gasteiger partial charge on any atom is -0.735 e. The summed E-state index contributed by atoms with van der Waals surface area (Å²) in [4.78, 5) is 49.2. The third-order valence-electron chi connectivity index (χ3n) is 11.4. The van der Waals surface area contributed by atoms with Crippen molar-refractivity contribution in [2.24, 2.45) is 0 Å². The van der Waals surface area contributed by atoms with E-state index >= 15 is 0 Å². The molecule has 3 amide bonds. The van der Waals surface area contributed by atoms with Crippen molar-refractivity contribution in [2.45, 2.75) is 136 Å². The number of rotatable bonds is 32. The number of aliphatic hydroxyl groups is 6. The summed E-state index contributed by atoms with van der Waals surface area (Å²) in [6.45, 7) is -3.17. The summed E-state index contributed by atoms with van der Waals surface area (Å²) in [6.07, 6.45) is -26.3. The number of nitrogens with one attached hydrogen (secondary N) is 5. The van der Waals surface area contributed by atoms with E-state index in [2.05, 4.69) is 29.6 Å². The number of ether oxygens (including phenoxy) is 5. The fourth-order valence-electron chi connectivity index (χ4n) is 7.65. The Bertz CT molecular complexity index is 2410. The van der Waals surface area contributed by atoms with E-state index in [9.17, 15) is 93.8 Å². The normalized spacial score (nSPS) is 26.5. The van der Waals surface area contributed by atoms with E-state index in [0.717, 1.165) is 32.1 Å². The number of aliphatic hydroxyl groups excluding tert-OH is 6. The Morgan fingerprint density at radius 3 is 2.04 bits per heavy atom. The number of unbranched alkanes of at least 4 members (excludes halogenated alkanes) is 1. The number of anilines is 2. The molecule has 0 aromatic heterocycles. The molecule has 3 fully saturated rings. The van der Waals surface area contributed by atoms with Gasteiger partial charge < -0.3 is 99.1 Å². The first-order chi connectivity index (χ1) is 35.5. The van der Waals surface area contributed by atoms with E-state index in [4.69, 9.17) is 23.7 Å². The molecule has 3 aliphatic rings. The molecule has 0 aliphatic carbocycles. The molecule has 3 aliphatic heterocycles. The molecule has 3 saturated heterocycles. The zero-order valence-corrected chi connectivity index (χ0v) is 56.0. The summed E-state index contributed by atoms with van der Waals surface area (Å²) in [7, 11) is -12.5. The summed E-state index contributed by atoms with van der Waals surface area (Å²) < 4.78 is 139. The first kappa shape index (κ1) is 80.8. The molecular formula is C39H59N5Na4O27S5. The van der Waals surface area contributed by atoms with Gasteiger partial charge in [-0.25, -0.2) is 30.0 Å². The van der Waals surface area contributed by atoms with Crippen molar-refractivity contribution in [2.75, 3.05) is 56.3 Å². The Balaban J connectivity index is 0.0000156. The monoisotopic (exact) mass is 1280 g/mol. The number of carbonyl (C=O) groups is 4. The smallest absolute Gasteiger partial charge is 0.735 e. The number of carboxylic acids is 1. The molecule has 80 heavy (non-hydrogen) atoms. The molecule has 0 bridgehead atoms. The second-order valence-corrected chi connectivity index (χ2v) is 23.1. The first-order valence-corrected chi connectivity index (χ1v) is 29.3. The van der Waals surface area contributed by atoms with Crippen LogP contribution in [-0.2, 0) is 82.3 Å². The fourth-order valence-corrected chi connectivity index (χ4v) is 12.0. The molecule has 4 rings (SSSR count). The molecule has 3 heterocycles. The molecule has 32 nitrogen and oxygen atoms in total. The van der Waals surface area contributed by atoms with Crippen LogP contribution in [0.15, 0.2) is 24.3 Å². The van der Waals surface area contributed by atoms with Crippen LogP contribution in [0.2, 0.25) is 0 Å². The van der Waals surface area contributed by atoms with Crippen LogP contribution in [0.3, 0.4) is 0 Å². The summed E-state index contributed by atoms with van der Waals surface area (Å²) in [5, 5.41) is 88.3. The van der Waals surface area contributed by atoms with Crippen LogP contribution >= 0.6 is 21.6 Å². The Kier molecular flexibility index (Phi) is 39.3. The molecule has 11 N–H and O–H groups in total. The number of aliphatic carboxylic acids is 1. The van der Waals surface area contributed by atoms with Gasteiger partial charge in [-0.15, -0.1) is 0 Å². The third kappa shape index (κ3) is 28.7. The van der Waals surface area contributed by atoms with Gasteiger partial charge in [0, 0.05) is 55.4 Å². The Morgan fingerprint density at radius 2 is 1.44 bits per heavy atom. The number of hydrogen-bond acceptors (Lipinski definition) is 30. The standard InChI is InChI=1S/C39H63N5O27S5.4Na/c1-65-33-24(18-67-75(59,60)61)68-38(28(31(33)52)44-74(56,57)58)69-34-32(53)35(71-76(62,63)64)39(70-36(34)37(54)55)66-17-23(46)30(51)29(50)22(45)15-41-19-6-4-7-20(14-19)43-26(48)10-5-12-40-27(49)16-42-25(47)9-3-2-8-21-11-13-72-73-21;;;;/h4,6-7,14,21-24,28-36,38-39,41,44-46,50-53H,2-3,5,8-13,15-18H2,1H3,(H,40,49)(H,42,47)(H,43,48)(H,54,55)(H,56,57,58)(H,59,60,61)(H,62,63,64);;;;/q;4*+1/p-4/t21?,22?,23?,24?,28?,29-,30+,31-,32+,33-,34+,35?,36?,38-,39+;;;;/m0..../s1. The van der Waals surface area contributed by atoms with Gasteiger partial charge in [0.25, 0.3) is 0 Å². The van der Waals surface area contributed by atoms with Gasteiger partial charge in [0.2, 0.25) is 38.5 Å². The van der Waals surface area contributed by atoms with Crippen LogP contribution in [0.25, 0.3) is 0 Å². The molecule has 0 radical (unpaired) electrons. The summed E-state index contributed by atoms with van der Waals surface area (Å²) in [5.74, 6) is -2.27. The number of carboxylic acid groups (broad SMARTS) is 1. The van der Waals surface area contributed by atoms with Gasteiger partial charge in [0.05, 0.1) is 31.8 Å². The van der Waals surface area contributed by atoms with E-state index in [1.165, 1.54) is 35.4 Å². The minimum absolute atomic E-state index is 0. The second-order valence-electron chi connectivity index (χ2n) is 17.1. The van der Waals surface area contributed by atoms with Crippen LogP contribution in [-0.4, -0.2) is 230 Å². The van der Waals surface area contributed by atoms with Gasteiger partial charge in [-0.05, 0) is 43.9 Å². The third-order valence-corrected chi connectivity index (χ3v) is 15.8. The maximum absolute atomic E-state index is 12.6.